The molecule has 0 atom stereocenters. The molecule has 2 aromatic carbocycles. The van der Waals surface area contributed by atoms with Gasteiger partial charge in [0.05, 0.1) is 21.9 Å². The van der Waals surface area contributed by atoms with Crippen LogP contribution in [0.2, 0.25) is 10.2 Å². The van der Waals surface area contributed by atoms with Gasteiger partial charge in [-0.15, -0.1) is 0 Å². The van der Waals surface area contributed by atoms with E-state index in [4.69, 9.17) is 27.9 Å². The number of benzene rings is 2. The van der Waals surface area contributed by atoms with Crippen molar-refractivity contribution < 1.29 is 14.5 Å². The molecule has 1 heterocycles. The molecule has 3 aromatic rings. The Kier molecular flexibility index (Phi) is 5.43. The topological polar surface area (TPSA) is 87.3 Å². The molecule has 0 spiro atoms. The van der Waals surface area contributed by atoms with Crippen LogP contribution < -0.4 is 0 Å². The van der Waals surface area contributed by atoms with E-state index in [1.54, 1.807) is 11.6 Å². The van der Waals surface area contributed by atoms with Crippen molar-refractivity contribution in [1.29, 1.82) is 0 Å². The third kappa shape index (κ3) is 3.94. The van der Waals surface area contributed by atoms with Crippen LogP contribution in [0.15, 0.2) is 48.5 Å². The van der Waals surface area contributed by atoms with Gasteiger partial charge >= 0.3 is 5.97 Å². The second kappa shape index (κ2) is 7.77. The molecule has 0 saturated heterocycles. The number of aromatic nitrogens is 2. The maximum absolute atomic E-state index is 12.2. The summed E-state index contributed by atoms with van der Waals surface area (Å²) in [5, 5.41) is 15.6. The molecule has 0 aliphatic rings. The lowest BCUT2D eigenvalue weighted by Crippen LogP contribution is -2.06. The van der Waals surface area contributed by atoms with Crippen molar-refractivity contribution in [2.45, 2.75) is 13.5 Å². The number of halogens is 2. The molecular formula is C18H13Cl2N3O4. The molecule has 27 heavy (non-hydrogen) atoms. The molecule has 0 bridgehead atoms. The highest BCUT2D eigenvalue weighted by Gasteiger charge is 2.20. The predicted molar refractivity (Wildman–Crippen MR) is 101 cm³/mol. The molecule has 0 radical (unpaired) electrons. The van der Waals surface area contributed by atoms with E-state index in [1.165, 1.54) is 12.1 Å². The van der Waals surface area contributed by atoms with E-state index < -0.39 is 10.9 Å². The lowest BCUT2D eigenvalue weighted by molar-refractivity contribution is -0.384. The third-order valence-electron chi connectivity index (χ3n) is 3.85. The molecule has 0 aliphatic heterocycles. The Labute approximate surface area is 164 Å². The second-order valence-corrected chi connectivity index (χ2v) is 6.37. The summed E-state index contributed by atoms with van der Waals surface area (Å²) in [5.41, 5.74) is 1.60. The summed E-state index contributed by atoms with van der Waals surface area (Å²) in [6.45, 7) is 1.63. The van der Waals surface area contributed by atoms with Crippen molar-refractivity contribution in [1.82, 2.24) is 9.78 Å². The van der Waals surface area contributed by atoms with Gasteiger partial charge in [0.15, 0.2) is 0 Å². The quantitative estimate of drug-likeness (QED) is 0.347. The van der Waals surface area contributed by atoms with Crippen LogP contribution in [-0.4, -0.2) is 20.7 Å². The van der Waals surface area contributed by atoms with Crippen molar-refractivity contribution >= 4 is 34.9 Å². The first kappa shape index (κ1) is 18.9. The van der Waals surface area contributed by atoms with Crippen LogP contribution in [-0.2, 0) is 11.3 Å². The number of hydrogen-bond donors (Lipinski definition) is 0. The predicted octanol–water partition coefficient (Wildman–Crippen LogP) is 4.75. The molecule has 138 valence electrons. The van der Waals surface area contributed by atoms with Crippen LogP contribution in [0.4, 0.5) is 5.69 Å². The van der Waals surface area contributed by atoms with Crippen molar-refractivity contribution in [2.24, 2.45) is 0 Å². The Bertz CT molecular complexity index is 1020. The van der Waals surface area contributed by atoms with Crippen molar-refractivity contribution in [3.63, 3.8) is 0 Å². The molecular weight excluding hydrogens is 393 g/mol. The third-order valence-corrected chi connectivity index (χ3v) is 4.56. The molecule has 0 unspecified atom stereocenters. The average Bonchev–Trinajstić information content (AvgIpc) is 2.94. The Morgan fingerprint density at radius 2 is 1.93 bits per heavy atom. The van der Waals surface area contributed by atoms with E-state index >= 15 is 0 Å². The van der Waals surface area contributed by atoms with E-state index in [2.05, 4.69) is 5.10 Å². The number of esters is 1. The van der Waals surface area contributed by atoms with Gasteiger partial charge in [-0.2, -0.15) is 5.10 Å². The normalized spacial score (nSPS) is 10.6. The average molecular weight is 406 g/mol. The van der Waals surface area contributed by atoms with Crippen LogP contribution in [0.1, 0.15) is 21.6 Å². The van der Waals surface area contributed by atoms with Gasteiger partial charge in [0.1, 0.15) is 16.8 Å². The molecule has 0 N–H and O–H groups in total. The number of ether oxygens (including phenoxy) is 1. The van der Waals surface area contributed by atoms with Gasteiger partial charge in [-0.3, -0.25) is 10.1 Å². The molecule has 9 heteroatoms. The van der Waals surface area contributed by atoms with E-state index in [-0.39, 0.29) is 22.9 Å². The van der Waals surface area contributed by atoms with Crippen LogP contribution in [0.5, 0.6) is 0 Å². The lowest BCUT2D eigenvalue weighted by atomic mass is 10.2. The molecule has 0 aliphatic carbocycles. The van der Waals surface area contributed by atoms with Crippen molar-refractivity contribution in [2.75, 3.05) is 0 Å². The molecule has 0 saturated carbocycles. The Balaban J connectivity index is 1.79. The maximum atomic E-state index is 12.2. The first-order valence-electron chi connectivity index (χ1n) is 7.79. The lowest BCUT2D eigenvalue weighted by Gasteiger charge is -2.06. The monoisotopic (exact) mass is 405 g/mol. The van der Waals surface area contributed by atoms with E-state index in [0.717, 1.165) is 11.8 Å². The fourth-order valence-electron chi connectivity index (χ4n) is 2.44. The van der Waals surface area contributed by atoms with Crippen molar-refractivity contribution in [3.05, 3.63) is 85.6 Å². The first-order valence-corrected chi connectivity index (χ1v) is 8.54. The summed E-state index contributed by atoms with van der Waals surface area (Å²) in [7, 11) is 0. The number of aryl methyl sites for hydroxylation is 1. The molecule has 0 amide bonds. The zero-order valence-electron chi connectivity index (χ0n) is 14.1. The minimum absolute atomic E-state index is 0.0235. The smallest absolute Gasteiger partial charge is 0.338 e. The molecule has 3 rings (SSSR count). The van der Waals surface area contributed by atoms with Gasteiger partial charge in [0.25, 0.3) is 5.69 Å². The molecule has 1 aromatic heterocycles. The highest BCUT2D eigenvalue weighted by atomic mass is 35.5. The number of nitro benzene ring substituents is 1. The van der Waals surface area contributed by atoms with E-state index in [0.29, 0.717) is 16.4 Å². The minimum Gasteiger partial charge on any atom is -0.457 e. The summed E-state index contributed by atoms with van der Waals surface area (Å²) in [5.74, 6) is -0.724. The van der Waals surface area contributed by atoms with Crippen LogP contribution >= 0.6 is 23.2 Å². The van der Waals surface area contributed by atoms with Crippen LogP contribution in [0.3, 0.4) is 0 Å². The van der Waals surface area contributed by atoms with E-state index in [9.17, 15) is 14.9 Å². The van der Waals surface area contributed by atoms with Gasteiger partial charge in [0.2, 0.25) is 0 Å². The van der Waals surface area contributed by atoms with Crippen LogP contribution in [0.25, 0.3) is 5.69 Å². The summed E-state index contributed by atoms with van der Waals surface area (Å²) < 4.78 is 6.81. The SMILES string of the molecule is Cc1nn(-c2ccccc2)c(Cl)c1COC(=O)c1ccc(Cl)c([N+](=O)[O-])c1. The van der Waals surface area contributed by atoms with Gasteiger partial charge in [-0.25, -0.2) is 9.48 Å². The fourth-order valence-corrected chi connectivity index (χ4v) is 2.95. The number of para-hydroxylation sites is 1. The Morgan fingerprint density at radius 3 is 2.59 bits per heavy atom. The highest BCUT2D eigenvalue weighted by molar-refractivity contribution is 6.32. The summed E-state index contributed by atoms with van der Waals surface area (Å²) in [4.78, 5) is 22.5. The number of rotatable bonds is 5. The van der Waals surface area contributed by atoms with E-state index in [1.807, 2.05) is 30.3 Å². The largest absolute Gasteiger partial charge is 0.457 e. The number of hydrogen-bond acceptors (Lipinski definition) is 5. The number of nitrogens with zero attached hydrogens (tertiary/aromatic N) is 3. The molecule has 0 fully saturated rings. The van der Waals surface area contributed by atoms with Crippen molar-refractivity contribution in [3.8, 4) is 5.69 Å². The Hall–Kier alpha value is -2.90. The number of nitro groups is 1. The van der Waals surface area contributed by atoms with Gasteiger partial charge in [-0.05, 0) is 31.2 Å². The van der Waals surface area contributed by atoms with Gasteiger partial charge in [-0.1, -0.05) is 41.4 Å². The molecule has 7 nitrogen and oxygen atoms in total. The zero-order chi connectivity index (χ0) is 19.6. The van der Waals surface area contributed by atoms with Gasteiger partial charge < -0.3 is 4.74 Å². The second-order valence-electron chi connectivity index (χ2n) is 5.60. The summed E-state index contributed by atoms with van der Waals surface area (Å²) in [6, 6.07) is 13.0. The van der Waals surface area contributed by atoms with Crippen LogP contribution in [0, 0.1) is 17.0 Å². The summed E-state index contributed by atoms with van der Waals surface area (Å²) >= 11 is 12.1. The number of carbonyl (C=O) groups is 1. The maximum Gasteiger partial charge on any atom is 0.338 e. The minimum atomic E-state index is -0.724. The zero-order valence-corrected chi connectivity index (χ0v) is 15.6. The number of carbonyl (C=O) groups excluding carboxylic acids is 1. The van der Waals surface area contributed by atoms with Gasteiger partial charge in [0, 0.05) is 11.6 Å². The summed E-state index contributed by atoms with van der Waals surface area (Å²) in [6.07, 6.45) is 0. The fraction of sp³-hybridized carbons (Fsp3) is 0.111. The Morgan fingerprint density at radius 1 is 1.22 bits per heavy atom. The highest BCUT2D eigenvalue weighted by Crippen LogP contribution is 2.27. The first-order chi connectivity index (χ1) is 12.9. The standard InChI is InChI=1S/C18H13Cl2N3O4/c1-11-14(17(20)22(21-11)13-5-3-2-4-6-13)10-27-18(24)12-7-8-15(19)16(9-12)23(25)26/h2-9H,10H2,1H3.